The minimum absolute atomic E-state index is 0. The third-order valence-electron chi connectivity index (χ3n) is 4.09. The average Bonchev–Trinajstić information content (AvgIpc) is 3.08. The number of hydrogen-bond acceptors (Lipinski definition) is 4. The summed E-state index contributed by atoms with van der Waals surface area (Å²) < 4.78 is 26.5. The Kier molecular flexibility index (Phi) is 7.16. The van der Waals surface area contributed by atoms with E-state index in [0.29, 0.717) is 6.54 Å². The van der Waals surface area contributed by atoms with Gasteiger partial charge in [-0.15, -0.1) is 12.4 Å². The lowest BCUT2D eigenvalue weighted by Crippen LogP contribution is -2.30. The Hall–Kier alpha value is -1.93. The molecule has 3 rings (SSSR count). The summed E-state index contributed by atoms with van der Waals surface area (Å²) >= 11 is 0. The van der Waals surface area contributed by atoms with E-state index in [-0.39, 0.29) is 36.2 Å². The van der Waals surface area contributed by atoms with Crippen LogP contribution in [0.25, 0.3) is 0 Å². The molecule has 0 radical (unpaired) electrons. The number of carbonyl (C=O) groups is 1. The van der Waals surface area contributed by atoms with Crippen LogP contribution in [-0.4, -0.2) is 20.9 Å². The molecule has 0 spiro atoms. The largest absolute Gasteiger partial charge is 0.352 e. The van der Waals surface area contributed by atoms with Crippen molar-refractivity contribution in [3.8, 4) is 0 Å². The number of benzene rings is 2. The van der Waals surface area contributed by atoms with E-state index in [0.717, 1.165) is 18.7 Å². The van der Waals surface area contributed by atoms with Gasteiger partial charge < -0.3 is 10.6 Å². The van der Waals surface area contributed by atoms with Gasteiger partial charge in [0.2, 0.25) is 15.9 Å². The summed E-state index contributed by atoms with van der Waals surface area (Å²) in [6.45, 7) is 2.26. The number of halogens is 1. The van der Waals surface area contributed by atoms with Crippen LogP contribution in [0.3, 0.4) is 0 Å². The maximum Gasteiger partial charge on any atom is 0.240 e. The van der Waals surface area contributed by atoms with Gasteiger partial charge in [-0.1, -0.05) is 36.4 Å². The van der Waals surface area contributed by atoms with Crippen molar-refractivity contribution in [2.75, 3.05) is 6.54 Å². The highest BCUT2D eigenvalue weighted by Gasteiger charge is 2.14. The van der Waals surface area contributed by atoms with E-state index in [1.54, 1.807) is 18.2 Å². The van der Waals surface area contributed by atoms with Gasteiger partial charge in [0.1, 0.15) is 0 Å². The number of carbonyl (C=O) groups excluding carboxylic acids is 1. The molecular formula is C18H22ClN3O3S. The van der Waals surface area contributed by atoms with E-state index < -0.39 is 10.0 Å². The van der Waals surface area contributed by atoms with Crippen molar-refractivity contribution in [1.82, 2.24) is 15.4 Å². The number of amides is 1. The molecule has 0 atom stereocenters. The fourth-order valence-corrected chi connectivity index (χ4v) is 3.78. The predicted octanol–water partition coefficient (Wildman–Crippen LogP) is 1.70. The molecule has 0 saturated carbocycles. The molecule has 1 amide bonds. The van der Waals surface area contributed by atoms with Crippen LogP contribution in [0.15, 0.2) is 53.4 Å². The predicted molar refractivity (Wildman–Crippen MR) is 102 cm³/mol. The lowest BCUT2D eigenvalue weighted by Gasteiger charge is -2.08. The molecule has 1 heterocycles. The first-order chi connectivity index (χ1) is 12.0. The quantitative estimate of drug-likeness (QED) is 0.665. The summed E-state index contributed by atoms with van der Waals surface area (Å²) in [4.78, 5) is 12.1. The van der Waals surface area contributed by atoms with E-state index in [2.05, 4.69) is 27.5 Å². The topological polar surface area (TPSA) is 87.3 Å². The zero-order chi connectivity index (χ0) is 17.7. The first-order valence-electron chi connectivity index (χ1n) is 8.17. The van der Waals surface area contributed by atoms with Crippen LogP contribution >= 0.6 is 12.4 Å². The third kappa shape index (κ3) is 5.28. The Morgan fingerprint density at radius 3 is 2.54 bits per heavy atom. The molecule has 140 valence electrons. The van der Waals surface area contributed by atoms with Gasteiger partial charge in [-0.25, -0.2) is 13.1 Å². The van der Waals surface area contributed by atoms with Gasteiger partial charge in [-0.2, -0.15) is 0 Å². The molecule has 3 N–H and O–H groups in total. The fraction of sp³-hybridized carbons (Fsp3) is 0.278. The second-order valence-corrected chi connectivity index (χ2v) is 7.71. The summed E-state index contributed by atoms with van der Waals surface area (Å²) in [5.74, 6) is -0.186. The minimum atomic E-state index is -3.57. The van der Waals surface area contributed by atoms with Crippen molar-refractivity contribution >= 4 is 28.3 Å². The van der Waals surface area contributed by atoms with Crippen LogP contribution in [0, 0.1) is 0 Å². The third-order valence-corrected chi connectivity index (χ3v) is 5.57. The van der Waals surface area contributed by atoms with Crippen molar-refractivity contribution in [2.45, 2.75) is 31.0 Å². The minimum Gasteiger partial charge on any atom is -0.352 e. The maximum atomic E-state index is 12.1. The Bertz CT molecular complexity index is 857. The molecule has 0 aromatic heterocycles. The molecule has 0 bridgehead atoms. The van der Waals surface area contributed by atoms with Crippen molar-refractivity contribution in [3.63, 3.8) is 0 Å². The smallest absolute Gasteiger partial charge is 0.240 e. The second-order valence-electron chi connectivity index (χ2n) is 5.94. The standard InChI is InChI=1S/C18H21N3O3S.ClH/c22-18(8-9-21-25(23,24)17-4-2-1-3-5-17)20-11-14-6-7-15-12-19-13-16(15)10-14;/h1-7,10,19,21H,8-9,11-13H2,(H,20,22);1H. The summed E-state index contributed by atoms with van der Waals surface area (Å²) in [5.41, 5.74) is 3.61. The molecule has 0 fully saturated rings. The summed E-state index contributed by atoms with van der Waals surface area (Å²) in [6.07, 6.45) is 0.0958. The Morgan fingerprint density at radius 1 is 1.04 bits per heavy atom. The molecular weight excluding hydrogens is 374 g/mol. The van der Waals surface area contributed by atoms with Gasteiger partial charge in [0, 0.05) is 32.6 Å². The van der Waals surface area contributed by atoms with Crippen molar-refractivity contribution < 1.29 is 13.2 Å². The molecule has 26 heavy (non-hydrogen) atoms. The number of fused-ring (bicyclic) bond motifs is 1. The first kappa shape index (κ1) is 20.4. The van der Waals surface area contributed by atoms with Gasteiger partial charge in [-0.3, -0.25) is 4.79 Å². The number of nitrogens with one attached hydrogen (secondary N) is 3. The van der Waals surface area contributed by atoms with Crippen LogP contribution in [0.4, 0.5) is 0 Å². The molecule has 0 unspecified atom stereocenters. The van der Waals surface area contributed by atoms with Gasteiger partial charge in [-0.05, 0) is 28.8 Å². The molecule has 2 aromatic rings. The van der Waals surface area contributed by atoms with Crippen LogP contribution in [0.1, 0.15) is 23.1 Å². The fourth-order valence-electron chi connectivity index (χ4n) is 2.73. The van der Waals surface area contributed by atoms with Gasteiger partial charge in [0.25, 0.3) is 0 Å². The van der Waals surface area contributed by atoms with Crippen molar-refractivity contribution in [1.29, 1.82) is 0 Å². The highest BCUT2D eigenvalue weighted by Crippen LogP contribution is 2.16. The summed E-state index contributed by atoms with van der Waals surface area (Å²) in [7, 11) is -3.57. The highest BCUT2D eigenvalue weighted by atomic mass is 35.5. The van der Waals surface area contributed by atoms with Gasteiger partial charge >= 0.3 is 0 Å². The highest BCUT2D eigenvalue weighted by molar-refractivity contribution is 7.89. The summed E-state index contributed by atoms with van der Waals surface area (Å²) in [5, 5.41) is 6.10. The molecule has 2 aromatic carbocycles. The lowest BCUT2D eigenvalue weighted by atomic mass is 10.1. The lowest BCUT2D eigenvalue weighted by molar-refractivity contribution is -0.121. The molecule has 0 aliphatic carbocycles. The maximum absolute atomic E-state index is 12.1. The zero-order valence-corrected chi connectivity index (χ0v) is 15.8. The molecule has 1 aliphatic rings. The number of rotatable bonds is 7. The average molecular weight is 396 g/mol. The van der Waals surface area contributed by atoms with Crippen LogP contribution in [0.2, 0.25) is 0 Å². The number of hydrogen-bond donors (Lipinski definition) is 3. The van der Waals surface area contributed by atoms with E-state index in [9.17, 15) is 13.2 Å². The SMILES string of the molecule is Cl.O=C(CCNS(=O)(=O)c1ccccc1)NCc1ccc2c(c1)CNC2. The van der Waals surface area contributed by atoms with E-state index in [1.165, 1.54) is 23.3 Å². The first-order valence-corrected chi connectivity index (χ1v) is 9.66. The van der Waals surface area contributed by atoms with E-state index in [4.69, 9.17) is 0 Å². The van der Waals surface area contributed by atoms with Crippen LogP contribution < -0.4 is 15.4 Å². The van der Waals surface area contributed by atoms with Crippen LogP contribution in [-0.2, 0) is 34.5 Å². The van der Waals surface area contributed by atoms with E-state index in [1.807, 2.05) is 6.07 Å². The number of sulfonamides is 1. The monoisotopic (exact) mass is 395 g/mol. The Morgan fingerprint density at radius 2 is 1.77 bits per heavy atom. The molecule has 0 saturated heterocycles. The van der Waals surface area contributed by atoms with Crippen LogP contribution in [0.5, 0.6) is 0 Å². The van der Waals surface area contributed by atoms with Gasteiger partial charge in [0.05, 0.1) is 4.90 Å². The Labute approximate surface area is 159 Å². The molecule has 8 heteroatoms. The molecule has 1 aliphatic heterocycles. The summed E-state index contributed by atoms with van der Waals surface area (Å²) in [6, 6.07) is 14.3. The van der Waals surface area contributed by atoms with Gasteiger partial charge in [0.15, 0.2) is 0 Å². The zero-order valence-electron chi connectivity index (χ0n) is 14.2. The van der Waals surface area contributed by atoms with Crippen molar-refractivity contribution in [2.24, 2.45) is 0 Å². The molecule has 6 nitrogen and oxygen atoms in total. The van der Waals surface area contributed by atoms with E-state index >= 15 is 0 Å². The second kappa shape index (κ2) is 9.14. The van der Waals surface area contributed by atoms with Crippen molar-refractivity contribution in [3.05, 3.63) is 65.2 Å². The normalized spacial score (nSPS) is 12.9. The Balaban J connectivity index is 0.00000243.